The average Bonchev–Trinajstić information content (AvgIpc) is 2.64. The highest BCUT2D eigenvalue weighted by Gasteiger charge is 2.08. The van der Waals surface area contributed by atoms with Crippen molar-refractivity contribution in [1.29, 1.82) is 0 Å². The molecule has 0 unspecified atom stereocenters. The molecule has 1 N–H and O–H groups in total. The highest BCUT2D eigenvalue weighted by atomic mass is 16.3. The van der Waals surface area contributed by atoms with Gasteiger partial charge < -0.3 is 5.11 Å². The summed E-state index contributed by atoms with van der Waals surface area (Å²) in [5.41, 5.74) is 5.41. The van der Waals surface area contributed by atoms with Gasteiger partial charge in [0.25, 0.3) is 0 Å². The van der Waals surface area contributed by atoms with Gasteiger partial charge in [-0.25, -0.2) is 0 Å². The van der Waals surface area contributed by atoms with Crippen LogP contribution in [0.5, 0.6) is 0 Å². The molecule has 0 amide bonds. The Balaban J connectivity index is 4.65. The highest BCUT2D eigenvalue weighted by Crippen LogP contribution is 2.09. The van der Waals surface area contributed by atoms with Crippen LogP contribution < -0.4 is 0 Å². The lowest BCUT2D eigenvalue weighted by molar-refractivity contribution is 0.0839. The molecule has 0 heterocycles. The Morgan fingerprint density at radius 3 is 1.29 bits per heavy atom. The Bertz CT molecular complexity index is 831. The van der Waals surface area contributed by atoms with Crippen LogP contribution in [-0.2, 0) is 0 Å². The molecule has 0 aromatic heterocycles. The molecular formula is C30H42O. The second-order valence-electron chi connectivity index (χ2n) is 8.77. The molecule has 0 aromatic carbocycles. The van der Waals surface area contributed by atoms with Crippen molar-refractivity contribution in [3.63, 3.8) is 0 Å². The van der Waals surface area contributed by atoms with E-state index in [4.69, 9.17) is 0 Å². The van der Waals surface area contributed by atoms with Gasteiger partial charge in [-0.2, -0.15) is 0 Å². The van der Waals surface area contributed by atoms with E-state index in [-0.39, 0.29) is 0 Å². The summed E-state index contributed by atoms with van der Waals surface area (Å²) < 4.78 is 0. The number of allylic oxidation sites excluding steroid dienone is 19. The average molecular weight is 419 g/mol. The van der Waals surface area contributed by atoms with Gasteiger partial charge in [0.2, 0.25) is 0 Å². The second-order valence-corrected chi connectivity index (χ2v) is 8.77. The van der Waals surface area contributed by atoms with E-state index in [1.807, 2.05) is 32.1 Å². The zero-order valence-electron chi connectivity index (χ0n) is 20.8. The quantitative estimate of drug-likeness (QED) is 0.333. The van der Waals surface area contributed by atoms with E-state index in [9.17, 15) is 5.11 Å². The number of hydrogen-bond donors (Lipinski definition) is 1. The summed E-state index contributed by atoms with van der Waals surface area (Å²) in [5, 5.41) is 9.71. The maximum Gasteiger partial charge on any atom is 0.0626 e. The number of hydrogen-bond acceptors (Lipinski definition) is 1. The van der Waals surface area contributed by atoms with E-state index < -0.39 is 5.60 Å². The van der Waals surface area contributed by atoms with Gasteiger partial charge in [0, 0.05) is 0 Å². The molecule has 0 aromatic rings. The first kappa shape index (κ1) is 28.4. The second kappa shape index (κ2) is 16.1. The van der Waals surface area contributed by atoms with Crippen LogP contribution in [-0.4, -0.2) is 10.7 Å². The molecule has 0 saturated heterocycles. The Labute approximate surface area is 191 Å². The number of rotatable bonds is 11. The molecule has 0 saturated carbocycles. The first-order chi connectivity index (χ1) is 14.5. The first-order valence-electron chi connectivity index (χ1n) is 10.9. The van der Waals surface area contributed by atoms with Crippen LogP contribution in [0.15, 0.2) is 119 Å². The van der Waals surface area contributed by atoms with E-state index in [0.29, 0.717) is 6.42 Å². The predicted octanol–water partition coefficient (Wildman–Crippen LogP) is 8.68. The van der Waals surface area contributed by atoms with Gasteiger partial charge in [-0.3, -0.25) is 0 Å². The Kier molecular flexibility index (Phi) is 14.7. The van der Waals surface area contributed by atoms with Crippen LogP contribution in [0.2, 0.25) is 0 Å². The third-order valence-corrected chi connectivity index (χ3v) is 4.05. The summed E-state index contributed by atoms with van der Waals surface area (Å²) in [6.07, 6.45) is 31.8. The standard InChI is InChI=1S/C30H42O/c1-25(2)15-11-18-28(5)21-12-19-26(3)16-9-10-17-27(4)20-13-22-29(6)23-14-24-30(7,8)31/h9-23,31H,24H2,1-8H3/b10-9+,18-11+,19-12+,20-13+,23-14+,26-16+,27-17+,28-21+,29-22+. The molecule has 0 fully saturated rings. The largest absolute Gasteiger partial charge is 0.390 e. The minimum atomic E-state index is -0.654. The maximum atomic E-state index is 9.71. The summed E-state index contributed by atoms with van der Waals surface area (Å²) >= 11 is 0. The molecule has 1 nitrogen and oxygen atoms in total. The molecule has 0 atom stereocenters. The fourth-order valence-corrected chi connectivity index (χ4v) is 2.27. The van der Waals surface area contributed by atoms with Crippen molar-refractivity contribution in [3.05, 3.63) is 119 Å². The molecular weight excluding hydrogens is 376 g/mol. The molecule has 168 valence electrons. The third kappa shape index (κ3) is 20.4. The van der Waals surface area contributed by atoms with E-state index in [1.54, 1.807) is 0 Å². The summed E-state index contributed by atoms with van der Waals surface area (Å²) in [7, 11) is 0. The summed E-state index contributed by atoms with van der Waals surface area (Å²) in [6, 6.07) is 0. The van der Waals surface area contributed by atoms with E-state index in [1.165, 1.54) is 22.3 Å². The van der Waals surface area contributed by atoms with Gasteiger partial charge in [0.15, 0.2) is 0 Å². The maximum absolute atomic E-state index is 9.71. The molecule has 0 radical (unpaired) electrons. The summed E-state index contributed by atoms with van der Waals surface area (Å²) in [6.45, 7) is 16.2. The predicted molar refractivity (Wildman–Crippen MR) is 141 cm³/mol. The van der Waals surface area contributed by atoms with Crippen LogP contribution in [0.1, 0.15) is 61.8 Å². The van der Waals surface area contributed by atoms with Crippen molar-refractivity contribution in [2.24, 2.45) is 0 Å². The van der Waals surface area contributed by atoms with E-state index in [0.717, 1.165) is 5.57 Å². The molecule has 0 spiro atoms. The molecule has 0 rings (SSSR count). The molecule has 31 heavy (non-hydrogen) atoms. The SMILES string of the molecule is CC(C)=C/C=C/C(C)=C/C=C/C(C)=C/C=C/C=C(C)/C=C/C=C(C)/C=C/CC(C)(C)O. The fraction of sp³-hybridized carbons (Fsp3) is 0.333. The highest BCUT2D eigenvalue weighted by molar-refractivity contribution is 5.32. The summed E-state index contributed by atoms with van der Waals surface area (Å²) in [4.78, 5) is 0. The summed E-state index contributed by atoms with van der Waals surface area (Å²) in [5.74, 6) is 0. The monoisotopic (exact) mass is 418 g/mol. The lowest BCUT2D eigenvalue weighted by Gasteiger charge is -2.13. The van der Waals surface area contributed by atoms with Crippen LogP contribution in [0.4, 0.5) is 0 Å². The van der Waals surface area contributed by atoms with Crippen molar-refractivity contribution >= 4 is 0 Å². The molecule has 1 heteroatoms. The van der Waals surface area contributed by atoms with E-state index in [2.05, 4.69) is 114 Å². The van der Waals surface area contributed by atoms with Crippen LogP contribution in [0.25, 0.3) is 0 Å². The molecule has 0 aliphatic carbocycles. The molecule has 0 aliphatic heterocycles. The Hall–Kier alpha value is -2.64. The normalized spacial score (nSPS) is 15.5. The van der Waals surface area contributed by atoms with Crippen molar-refractivity contribution in [2.75, 3.05) is 0 Å². The van der Waals surface area contributed by atoms with Crippen LogP contribution in [0, 0.1) is 0 Å². The Morgan fingerprint density at radius 1 is 0.548 bits per heavy atom. The van der Waals surface area contributed by atoms with Crippen LogP contribution in [0.3, 0.4) is 0 Å². The van der Waals surface area contributed by atoms with Gasteiger partial charge >= 0.3 is 0 Å². The minimum absolute atomic E-state index is 0.650. The van der Waals surface area contributed by atoms with Crippen molar-refractivity contribution in [1.82, 2.24) is 0 Å². The number of aliphatic hydroxyl groups is 1. The smallest absolute Gasteiger partial charge is 0.0626 e. The van der Waals surface area contributed by atoms with Gasteiger partial charge in [0.1, 0.15) is 0 Å². The van der Waals surface area contributed by atoms with Crippen molar-refractivity contribution < 1.29 is 5.11 Å². The zero-order chi connectivity index (χ0) is 23.7. The molecule has 0 aliphatic rings. The topological polar surface area (TPSA) is 20.2 Å². The van der Waals surface area contributed by atoms with Crippen molar-refractivity contribution in [3.8, 4) is 0 Å². The lowest BCUT2D eigenvalue weighted by atomic mass is 10.0. The Morgan fingerprint density at radius 2 is 0.903 bits per heavy atom. The van der Waals surface area contributed by atoms with Crippen molar-refractivity contribution in [2.45, 2.75) is 67.4 Å². The van der Waals surface area contributed by atoms with Gasteiger partial charge in [-0.1, -0.05) is 119 Å². The third-order valence-electron chi connectivity index (χ3n) is 4.05. The fourth-order valence-electron chi connectivity index (χ4n) is 2.27. The van der Waals surface area contributed by atoms with E-state index >= 15 is 0 Å². The van der Waals surface area contributed by atoms with Gasteiger partial charge in [0.05, 0.1) is 5.60 Å². The van der Waals surface area contributed by atoms with Gasteiger partial charge in [-0.05, 0) is 61.8 Å². The lowest BCUT2D eigenvalue weighted by Crippen LogP contribution is -2.16. The minimum Gasteiger partial charge on any atom is -0.390 e. The molecule has 0 bridgehead atoms. The first-order valence-corrected chi connectivity index (χ1v) is 10.9. The van der Waals surface area contributed by atoms with Crippen LogP contribution >= 0.6 is 0 Å². The zero-order valence-corrected chi connectivity index (χ0v) is 20.8. The van der Waals surface area contributed by atoms with Gasteiger partial charge in [-0.15, -0.1) is 0 Å².